The van der Waals surface area contributed by atoms with Crippen LogP contribution in [0.25, 0.3) is 32.7 Å². The Morgan fingerprint density at radius 1 is 0.508 bits per heavy atom. The molecule has 0 aromatic heterocycles. The molecule has 1 N–H and O–H groups in total. The molecule has 0 aliphatic rings. The van der Waals surface area contributed by atoms with Crippen LogP contribution in [0.15, 0.2) is 181 Å². The maximum atomic E-state index is 11.5. The Balaban J connectivity index is 0.000000302. The summed E-state index contributed by atoms with van der Waals surface area (Å²) in [7, 11) is 2.69. The minimum Gasteiger partial charge on any atom is -0.507 e. The molecule has 0 heterocycles. The van der Waals surface area contributed by atoms with Crippen LogP contribution in [0.3, 0.4) is 0 Å². The predicted molar refractivity (Wildman–Crippen MR) is 287 cm³/mol. The molecule has 0 fully saturated rings. The Kier molecular flexibility index (Phi) is 23.7. The monoisotopic (exact) mass is 922 g/mol. The first kappa shape index (κ1) is 54.0. The fourth-order valence-corrected chi connectivity index (χ4v) is 8.00. The second-order valence-electron chi connectivity index (χ2n) is 16.8. The van der Waals surface area contributed by atoms with E-state index in [4.69, 9.17) is 4.99 Å². The van der Waals surface area contributed by atoms with E-state index in [1.807, 2.05) is 24.4 Å². The number of para-hydroxylation sites is 2. The zero-order chi connectivity index (χ0) is 45.0. The third kappa shape index (κ3) is 16.0. The molecule has 0 saturated carbocycles. The molecule has 1 unspecified atom stereocenters. The van der Waals surface area contributed by atoms with Gasteiger partial charge in [-0.1, -0.05) is 232 Å². The number of phenols is 1. The van der Waals surface area contributed by atoms with Gasteiger partial charge in [0.25, 0.3) is 0 Å². The Bertz CT molecular complexity index is 2500. The van der Waals surface area contributed by atoms with E-state index in [1.54, 1.807) is 0 Å². The van der Waals surface area contributed by atoms with Gasteiger partial charge >= 0.3 is 0 Å². The zero-order valence-corrected chi connectivity index (χ0v) is 42.1. The number of benzene rings is 8. The van der Waals surface area contributed by atoms with Gasteiger partial charge in [0.05, 0.1) is 5.69 Å². The fraction of sp³-hybridized carbons (Fsp3) is 0.246. The number of hydrogen-bond donors (Lipinski definition) is 1. The van der Waals surface area contributed by atoms with E-state index in [2.05, 4.69) is 215 Å². The molecule has 0 aliphatic heterocycles. The standard InChI is InChI=1S/C33H31NO.C9H13P.2C9H12.CH3.Ni/c1-21(2)26-16-10-17-27(22(3)4)32(26)34-20-25-13-9-18-30(33(25)35)31-28-14-7-5-11-23(28)19-24-12-6-8-15-29(24)31;1-2-3-8-4-6-9(10)7-5-8;2*1-2-6-9-7-4-3-5-8-9;;/h5-22,35H,1-4H3;4-7H,2-3,10H2,1H3;2*3-5,7-8H,2,6H2,1H3;1H3;/q;;;;-1;. The molecule has 8 aromatic rings. The topological polar surface area (TPSA) is 32.6 Å². The van der Waals surface area contributed by atoms with Gasteiger partial charge in [-0.3, -0.25) is 4.99 Å². The number of nitrogens with zero attached hydrogens (tertiary/aromatic N) is 1. The average molecular weight is 924 g/mol. The van der Waals surface area contributed by atoms with Crippen molar-refractivity contribution in [1.82, 2.24) is 0 Å². The van der Waals surface area contributed by atoms with Crippen LogP contribution in [-0.2, 0) is 35.8 Å². The van der Waals surface area contributed by atoms with Crippen LogP contribution in [0.1, 0.15) is 113 Å². The number of phenolic OH excluding ortho intramolecular Hbond substituents is 1. The van der Waals surface area contributed by atoms with E-state index in [1.165, 1.54) is 71.6 Å². The van der Waals surface area contributed by atoms with E-state index in [0.717, 1.165) is 38.4 Å². The van der Waals surface area contributed by atoms with Gasteiger partial charge in [-0.05, 0) is 97.9 Å². The second kappa shape index (κ2) is 28.6. The molecule has 1 atom stereocenters. The minimum atomic E-state index is 0. The van der Waals surface area contributed by atoms with Crippen LogP contribution >= 0.6 is 9.24 Å². The van der Waals surface area contributed by atoms with Crippen molar-refractivity contribution in [2.75, 3.05) is 0 Å². The number of aliphatic imine (C=N–C) groups is 1. The van der Waals surface area contributed by atoms with Crippen LogP contribution in [0.5, 0.6) is 5.75 Å². The van der Waals surface area contributed by atoms with Crippen molar-refractivity contribution in [1.29, 1.82) is 0 Å². The first-order chi connectivity index (χ1) is 30.6. The van der Waals surface area contributed by atoms with Gasteiger partial charge in [-0.25, -0.2) is 0 Å². The van der Waals surface area contributed by atoms with E-state index >= 15 is 0 Å². The summed E-state index contributed by atoms with van der Waals surface area (Å²) in [6.45, 7) is 15.4. The van der Waals surface area contributed by atoms with Crippen LogP contribution in [0, 0.1) is 7.43 Å². The Morgan fingerprint density at radius 3 is 1.37 bits per heavy atom. The number of hydrogen-bond acceptors (Lipinski definition) is 2. The van der Waals surface area contributed by atoms with Gasteiger partial charge in [0.15, 0.2) is 0 Å². The first-order valence-electron chi connectivity index (χ1n) is 23.0. The first-order valence-corrected chi connectivity index (χ1v) is 23.5. The summed E-state index contributed by atoms with van der Waals surface area (Å²) in [5.41, 5.74) is 10.4. The average Bonchev–Trinajstić information content (AvgIpc) is 3.30. The summed E-state index contributed by atoms with van der Waals surface area (Å²) in [5.74, 6) is 0.983. The Hall–Kier alpha value is -5.33. The second-order valence-corrected chi connectivity index (χ2v) is 17.4. The SMILES string of the molecule is CC(C)c1cccc(C(C)C)c1N=Cc1cccc(-c2c3ccccc3cc3ccccc23)c1O.CCCc1ccc(P)cc1.CCCc1ccccc1.CCCc1ccccc1.[CH3-].[Ni]. The largest absolute Gasteiger partial charge is 0.507 e. The van der Waals surface area contributed by atoms with Crippen molar-refractivity contribution in [2.45, 2.75) is 98.8 Å². The van der Waals surface area contributed by atoms with Crippen molar-refractivity contribution in [2.24, 2.45) is 4.99 Å². The maximum absolute atomic E-state index is 11.5. The minimum absolute atomic E-state index is 0. The molecule has 65 heavy (non-hydrogen) atoms. The van der Waals surface area contributed by atoms with Gasteiger partial charge in [0.1, 0.15) is 5.75 Å². The van der Waals surface area contributed by atoms with Gasteiger partial charge in [0.2, 0.25) is 0 Å². The summed E-state index contributed by atoms with van der Waals surface area (Å²) < 4.78 is 0. The molecule has 0 amide bonds. The zero-order valence-electron chi connectivity index (χ0n) is 40.0. The number of aryl methyl sites for hydroxylation is 3. The molecule has 4 heteroatoms. The number of rotatable bonds is 11. The van der Waals surface area contributed by atoms with E-state index in [-0.39, 0.29) is 29.7 Å². The fourth-order valence-electron chi connectivity index (χ4n) is 7.81. The van der Waals surface area contributed by atoms with Crippen molar-refractivity contribution >= 4 is 48.0 Å². The predicted octanol–water partition coefficient (Wildman–Crippen LogP) is 17.2. The number of fused-ring (bicyclic) bond motifs is 2. The van der Waals surface area contributed by atoms with Gasteiger partial charge in [-0.2, -0.15) is 0 Å². The van der Waals surface area contributed by atoms with E-state index < -0.39 is 0 Å². The summed E-state index contributed by atoms with van der Waals surface area (Å²) in [4.78, 5) is 4.95. The molecular weight excluding hydrogens is 852 g/mol. The third-order valence-corrected chi connectivity index (χ3v) is 11.4. The van der Waals surface area contributed by atoms with Crippen LogP contribution < -0.4 is 5.30 Å². The Morgan fingerprint density at radius 2 is 0.923 bits per heavy atom. The van der Waals surface area contributed by atoms with Crippen molar-refractivity contribution in [3.8, 4) is 16.9 Å². The van der Waals surface area contributed by atoms with Gasteiger partial charge in [0, 0.05) is 39.4 Å². The Labute approximate surface area is 404 Å². The van der Waals surface area contributed by atoms with E-state index in [9.17, 15) is 5.11 Å². The van der Waals surface area contributed by atoms with Crippen LogP contribution in [0.2, 0.25) is 0 Å². The molecule has 0 aliphatic carbocycles. The molecular formula is C61H71NNiOP-. The quantitative estimate of drug-likeness (QED) is 0.0453. The van der Waals surface area contributed by atoms with Crippen molar-refractivity contribution in [3.63, 3.8) is 0 Å². The molecule has 8 rings (SSSR count). The molecule has 0 saturated heterocycles. The van der Waals surface area contributed by atoms with Crippen LogP contribution in [-0.4, -0.2) is 11.3 Å². The van der Waals surface area contributed by atoms with E-state index in [0.29, 0.717) is 17.4 Å². The number of aromatic hydroxyl groups is 1. The summed E-state index contributed by atoms with van der Waals surface area (Å²) in [6.07, 6.45) is 9.15. The molecule has 0 spiro atoms. The van der Waals surface area contributed by atoms with Crippen molar-refractivity contribution in [3.05, 3.63) is 217 Å². The van der Waals surface area contributed by atoms with Crippen LogP contribution in [0.4, 0.5) is 5.69 Å². The smallest absolute Gasteiger partial charge is 0.132 e. The van der Waals surface area contributed by atoms with Gasteiger partial charge < -0.3 is 12.5 Å². The van der Waals surface area contributed by atoms with Gasteiger partial charge in [-0.15, -0.1) is 9.24 Å². The summed E-state index contributed by atoms with van der Waals surface area (Å²) in [5, 5.41) is 17.3. The molecule has 0 radical (unpaired) electrons. The molecule has 2 nitrogen and oxygen atoms in total. The summed E-state index contributed by atoms with van der Waals surface area (Å²) >= 11 is 0. The normalized spacial score (nSPS) is 10.6. The summed E-state index contributed by atoms with van der Waals surface area (Å²) in [6, 6.07) is 61.1. The maximum Gasteiger partial charge on any atom is 0.132 e. The molecule has 0 bridgehead atoms. The van der Waals surface area contributed by atoms with Crippen molar-refractivity contribution < 1.29 is 21.6 Å². The molecule has 342 valence electrons. The third-order valence-electron chi connectivity index (χ3n) is 11.1. The molecule has 8 aromatic carbocycles.